The highest BCUT2D eigenvalue weighted by molar-refractivity contribution is 7.89. The third-order valence-electron chi connectivity index (χ3n) is 3.49. The minimum absolute atomic E-state index is 0.124. The molecule has 0 bridgehead atoms. The third kappa shape index (κ3) is 2.61. The molecule has 1 aromatic carbocycles. The number of phenols is 1. The fourth-order valence-electron chi connectivity index (χ4n) is 2.37. The highest BCUT2D eigenvalue weighted by Gasteiger charge is 2.32. The topological polar surface area (TPSA) is 101 Å². The Balaban J connectivity index is 2.44. The fourth-order valence-corrected chi connectivity index (χ4v) is 4.09. The van der Waals surface area contributed by atoms with Crippen LogP contribution >= 0.6 is 0 Å². The summed E-state index contributed by atoms with van der Waals surface area (Å²) in [4.78, 5) is 9.82. The molecule has 0 saturated carbocycles. The monoisotopic (exact) mass is 300 g/mol. The number of nitro groups is 1. The van der Waals surface area contributed by atoms with Crippen LogP contribution < -0.4 is 0 Å². The van der Waals surface area contributed by atoms with Crippen LogP contribution in [0, 0.1) is 10.1 Å². The van der Waals surface area contributed by atoms with Crippen molar-refractivity contribution in [3.8, 4) is 5.75 Å². The second-order valence-electron chi connectivity index (χ2n) is 4.87. The number of nitrogens with zero attached hydrogens (tertiary/aromatic N) is 2. The van der Waals surface area contributed by atoms with Gasteiger partial charge in [-0.1, -0.05) is 6.42 Å². The highest BCUT2D eigenvalue weighted by Crippen LogP contribution is 2.31. The van der Waals surface area contributed by atoms with E-state index in [1.54, 1.807) is 0 Å². The number of hydrogen-bond acceptors (Lipinski definition) is 5. The van der Waals surface area contributed by atoms with Crippen LogP contribution in [0.2, 0.25) is 0 Å². The van der Waals surface area contributed by atoms with E-state index in [0.717, 1.165) is 31.4 Å². The van der Waals surface area contributed by atoms with Crippen LogP contribution in [0.3, 0.4) is 0 Å². The van der Waals surface area contributed by atoms with E-state index < -0.39 is 26.4 Å². The van der Waals surface area contributed by atoms with Gasteiger partial charge in [0.1, 0.15) is 0 Å². The highest BCUT2D eigenvalue weighted by atomic mass is 32.2. The van der Waals surface area contributed by atoms with E-state index in [-0.39, 0.29) is 10.9 Å². The maximum absolute atomic E-state index is 12.5. The number of piperidine rings is 1. The molecule has 0 aromatic heterocycles. The van der Waals surface area contributed by atoms with Crippen molar-refractivity contribution in [2.45, 2.75) is 37.1 Å². The molecule has 7 nitrogen and oxygen atoms in total. The molecule has 1 fully saturated rings. The van der Waals surface area contributed by atoms with Crippen molar-refractivity contribution in [3.63, 3.8) is 0 Å². The first kappa shape index (κ1) is 14.7. The number of nitro benzene ring substituents is 1. The molecule has 1 aliphatic heterocycles. The average Bonchev–Trinajstić information content (AvgIpc) is 2.38. The van der Waals surface area contributed by atoms with E-state index in [9.17, 15) is 23.6 Å². The van der Waals surface area contributed by atoms with E-state index >= 15 is 0 Å². The van der Waals surface area contributed by atoms with Gasteiger partial charge in [0.25, 0.3) is 0 Å². The van der Waals surface area contributed by atoms with Crippen LogP contribution in [-0.4, -0.2) is 35.3 Å². The second kappa shape index (κ2) is 5.37. The molecule has 1 heterocycles. The zero-order valence-electron chi connectivity index (χ0n) is 11.0. The van der Waals surface area contributed by atoms with Crippen molar-refractivity contribution in [2.24, 2.45) is 0 Å². The zero-order valence-corrected chi connectivity index (χ0v) is 11.8. The van der Waals surface area contributed by atoms with Gasteiger partial charge in [-0.2, -0.15) is 4.31 Å². The van der Waals surface area contributed by atoms with Gasteiger partial charge in [0, 0.05) is 18.7 Å². The number of sulfonamides is 1. The van der Waals surface area contributed by atoms with Crippen LogP contribution in [0.25, 0.3) is 0 Å². The minimum Gasteiger partial charge on any atom is -0.502 e. The minimum atomic E-state index is -3.77. The van der Waals surface area contributed by atoms with Crippen molar-refractivity contribution in [1.29, 1.82) is 0 Å². The molecule has 0 amide bonds. The summed E-state index contributed by atoms with van der Waals surface area (Å²) in [6.45, 7) is 2.24. The summed E-state index contributed by atoms with van der Waals surface area (Å²) in [7, 11) is -3.77. The maximum atomic E-state index is 12.5. The van der Waals surface area contributed by atoms with Crippen LogP contribution in [-0.2, 0) is 10.0 Å². The standard InChI is InChI=1S/C12H16N2O5S/c1-9-4-2-3-7-13(9)20(18,19)10-5-6-12(15)11(8-10)14(16)17/h5-6,8-9,15H,2-4,7H2,1H3. The summed E-state index contributed by atoms with van der Waals surface area (Å²) in [6, 6.07) is 3.02. The van der Waals surface area contributed by atoms with Crippen LogP contribution in [0.1, 0.15) is 26.2 Å². The molecular weight excluding hydrogens is 284 g/mol. The van der Waals surface area contributed by atoms with Crippen molar-refractivity contribution < 1.29 is 18.4 Å². The van der Waals surface area contributed by atoms with Gasteiger partial charge in [-0.15, -0.1) is 0 Å². The molecule has 1 aromatic rings. The quantitative estimate of drug-likeness (QED) is 0.678. The molecule has 0 radical (unpaired) electrons. The number of benzene rings is 1. The van der Waals surface area contributed by atoms with Crippen LogP contribution in [0.4, 0.5) is 5.69 Å². The zero-order chi connectivity index (χ0) is 14.9. The Hall–Kier alpha value is -1.67. The van der Waals surface area contributed by atoms with E-state index in [0.29, 0.717) is 6.54 Å². The predicted molar refractivity (Wildman–Crippen MR) is 72.0 cm³/mol. The van der Waals surface area contributed by atoms with Crippen molar-refractivity contribution in [1.82, 2.24) is 4.31 Å². The molecule has 1 unspecified atom stereocenters. The Kier molecular flexibility index (Phi) is 3.96. The number of hydrogen-bond donors (Lipinski definition) is 1. The first-order chi connectivity index (χ1) is 9.34. The molecule has 8 heteroatoms. The summed E-state index contributed by atoms with van der Waals surface area (Å²) >= 11 is 0. The van der Waals surface area contributed by atoms with E-state index in [4.69, 9.17) is 0 Å². The summed E-state index contributed by atoms with van der Waals surface area (Å²) < 4.78 is 26.4. The van der Waals surface area contributed by atoms with Crippen molar-refractivity contribution in [2.75, 3.05) is 6.54 Å². The van der Waals surface area contributed by atoms with Gasteiger partial charge >= 0.3 is 5.69 Å². The number of aromatic hydroxyl groups is 1. The molecule has 2 rings (SSSR count). The van der Waals surface area contributed by atoms with Gasteiger partial charge in [-0.05, 0) is 31.9 Å². The van der Waals surface area contributed by atoms with E-state index in [2.05, 4.69) is 0 Å². The van der Waals surface area contributed by atoms with Crippen molar-refractivity contribution >= 4 is 15.7 Å². The molecule has 1 aliphatic rings. The summed E-state index contributed by atoms with van der Waals surface area (Å²) in [5.41, 5.74) is -0.601. The fraction of sp³-hybridized carbons (Fsp3) is 0.500. The predicted octanol–water partition coefficient (Wildman–Crippen LogP) is 1.86. The smallest absolute Gasteiger partial charge is 0.312 e. The van der Waals surface area contributed by atoms with Gasteiger partial charge in [-0.25, -0.2) is 8.42 Å². The van der Waals surface area contributed by atoms with Crippen LogP contribution in [0.5, 0.6) is 5.75 Å². The number of phenolic OH excluding ortho intramolecular Hbond substituents is 1. The average molecular weight is 300 g/mol. The summed E-state index contributed by atoms with van der Waals surface area (Å²) in [6.07, 6.45) is 2.53. The molecule has 0 spiro atoms. The molecular formula is C12H16N2O5S. The van der Waals surface area contributed by atoms with Gasteiger partial charge in [0.05, 0.1) is 9.82 Å². The molecule has 1 N–H and O–H groups in total. The summed E-state index contributed by atoms with van der Waals surface area (Å²) in [5.74, 6) is -0.541. The second-order valence-corrected chi connectivity index (χ2v) is 6.76. The largest absolute Gasteiger partial charge is 0.502 e. The third-order valence-corrected chi connectivity index (χ3v) is 5.50. The van der Waals surface area contributed by atoms with Gasteiger partial charge in [-0.3, -0.25) is 10.1 Å². The van der Waals surface area contributed by atoms with Gasteiger partial charge < -0.3 is 5.11 Å². The Bertz CT molecular complexity index is 629. The molecule has 20 heavy (non-hydrogen) atoms. The Morgan fingerprint density at radius 3 is 2.70 bits per heavy atom. The normalized spacial score (nSPS) is 20.8. The lowest BCUT2D eigenvalue weighted by Crippen LogP contribution is -2.41. The van der Waals surface area contributed by atoms with E-state index in [1.807, 2.05) is 6.92 Å². The van der Waals surface area contributed by atoms with Gasteiger partial charge in [0.15, 0.2) is 5.75 Å². The lowest BCUT2D eigenvalue weighted by Gasteiger charge is -2.32. The Morgan fingerprint density at radius 1 is 1.40 bits per heavy atom. The Morgan fingerprint density at radius 2 is 2.10 bits per heavy atom. The number of rotatable bonds is 3. The van der Waals surface area contributed by atoms with Crippen molar-refractivity contribution in [3.05, 3.63) is 28.3 Å². The molecule has 1 atom stereocenters. The SMILES string of the molecule is CC1CCCCN1S(=O)(=O)c1ccc(O)c([N+](=O)[O-])c1. The summed E-state index contributed by atoms with van der Waals surface area (Å²) in [5, 5.41) is 20.2. The lowest BCUT2D eigenvalue weighted by atomic mass is 10.1. The van der Waals surface area contributed by atoms with Crippen LogP contribution in [0.15, 0.2) is 23.1 Å². The van der Waals surface area contributed by atoms with E-state index in [1.165, 1.54) is 10.4 Å². The first-order valence-electron chi connectivity index (χ1n) is 6.33. The first-order valence-corrected chi connectivity index (χ1v) is 7.77. The Labute approximate surface area is 117 Å². The molecule has 110 valence electrons. The molecule has 1 saturated heterocycles. The lowest BCUT2D eigenvalue weighted by molar-refractivity contribution is -0.386. The maximum Gasteiger partial charge on any atom is 0.312 e. The van der Waals surface area contributed by atoms with Gasteiger partial charge in [0.2, 0.25) is 10.0 Å². The molecule has 0 aliphatic carbocycles.